The smallest absolute Gasteiger partial charge is 0.178 e. The van der Waals surface area contributed by atoms with Crippen molar-refractivity contribution in [2.45, 2.75) is 13.3 Å². The van der Waals surface area contributed by atoms with Gasteiger partial charge in [-0.05, 0) is 30.4 Å². The van der Waals surface area contributed by atoms with Crippen molar-refractivity contribution in [1.82, 2.24) is 4.98 Å². The summed E-state index contributed by atoms with van der Waals surface area (Å²) in [6.07, 6.45) is 4.82. The Balaban J connectivity index is 2.78. The summed E-state index contributed by atoms with van der Waals surface area (Å²) in [4.78, 5) is 15.2. The molecule has 0 spiro atoms. The zero-order valence-electron chi connectivity index (χ0n) is 8.10. The van der Waals surface area contributed by atoms with E-state index in [0.29, 0.717) is 5.69 Å². The normalized spacial score (nSPS) is 10.7. The Labute approximate surface area is 89.5 Å². The topological polar surface area (TPSA) is 30.0 Å². The maximum Gasteiger partial charge on any atom is 0.178 e. The number of carbonyl (C=O) groups excluding carboxylic acids is 1. The molecule has 2 nitrogen and oxygen atoms in total. The number of allylic oxidation sites excluding steroid dienone is 1. The second-order valence-corrected chi connectivity index (χ2v) is 3.37. The van der Waals surface area contributed by atoms with Gasteiger partial charge in [0.1, 0.15) is 5.69 Å². The molecule has 0 atom stereocenters. The third kappa shape index (κ3) is 3.34. The minimum absolute atomic E-state index is 0.00514. The van der Waals surface area contributed by atoms with Crippen LogP contribution in [0, 0.1) is 0 Å². The van der Waals surface area contributed by atoms with Crippen molar-refractivity contribution in [1.29, 1.82) is 0 Å². The van der Waals surface area contributed by atoms with Crippen LogP contribution < -0.4 is 0 Å². The van der Waals surface area contributed by atoms with Gasteiger partial charge in [0.2, 0.25) is 0 Å². The fourth-order valence-corrected chi connectivity index (χ4v) is 1.17. The summed E-state index contributed by atoms with van der Waals surface area (Å²) in [5.74, 6) is 0.817. The molecule has 0 aliphatic carbocycles. The number of ketones is 1. The molecule has 0 radical (unpaired) electrons. The molecule has 0 bridgehead atoms. The Hall–Kier alpha value is -1.09. The van der Waals surface area contributed by atoms with Crippen molar-refractivity contribution in [3.63, 3.8) is 0 Å². The standard InChI is InChI=1S/C11H13NOS/c1-9(13)11-7-4-6-10(12-11)5-2-3-8-14/h2,4-7,14H,3,8H2,1H3. The lowest BCUT2D eigenvalue weighted by Gasteiger charge is -1.96. The first-order valence-corrected chi connectivity index (χ1v) is 5.12. The van der Waals surface area contributed by atoms with Crippen LogP contribution in [0.3, 0.4) is 0 Å². The molecule has 0 saturated heterocycles. The maximum absolute atomic E-state index is 11.0. The molecule has 0 aliphatic rings. The molecule has 1 aromatic heterocycles. The number of hydrogen-bond acceptors (Lipinski definition) is 3. The van der Waals surface area contributed by atoms with Gasteiger partial charge in [0.05, 0.1) is 5.69 Å². The average molecular weight is 207 g/mol. The summed E-state index contributed by atoms with van der Waals surface area (Å²) in [6.45, 7) is 1.52. The van der Waals surface area contributed by atoms with E-state index in [1.807, 2.05) is 24.3 Å². The quantitative estimate of drug-likeness (QED) is 0.607. The lowest BCUT2D eigenvalue weighted by molar-refractivity contribution is 0.101. The molecule has 0 amide bonds. The molecule has 3 heteroatoms. The van der Waals surface area contributed by atoms with Gasteiger partial charge in [-0.25, -0.2) is 4.98 Å². The molecular formula is C11H13NOS. The summed E-state index contributed by atoms with van der Waals surface area (Å²) in [6, 6.07) is 5.43. The fourth-order valence-electron chi connectivity index (χ4n) is 1.02. The summed E-state index contributed by atoms with van der Waals surface area (Å²) in [5.41, 5.74) is 1.33. The van der Waals surface area contributed by atoms with Gasteiger partial charge in [-0.3, -0.25) is 4.79 Å². The Kier molecular flexibility index (Phi) is 4.40. The van der Waals surface area contributed by atoms with Crippen LogP contribution in [0.15, 0.2) is 24.3 Å². The Morgan fingerprint density at radius 3 is 3.00 bits per heavy atom. The second kappa shape index (κ2) is 5.60. The lowest BCUT2D eigenvalue weighted by Crippen LogP contribution is -1.96. The molecule has 1 aromatic rings. The number of nitrogens with zero attached hydrogens (tertiary/aromatic N) is 1. The molecule has 0 N–H and O–H groups in total. The van der Waals surface area contributed by atoms with Gasteiger partial charge in [0.25, 0.3) is 0 Å². The van der Waals surface area contributed by atoms with Crippen LogP contribution in [0.1, 0.15) is 29.5 Å². The van der Waals surface area contributed by atoms with Crippen LogP contribution in [-0.4, -0.2) is 16.5 Å². The monoisotopic (exact) mass is 207 g/mol. The highest BCUT2D eigenvalue weighted by Gasteiger charge is 1.99. The van der Waals surface area contributed by atoms with Gasteiger partial charge < -0.3 is 0 Å². The highest BCUT2D eigenvalue weighted by atomic mass is 32.1. The highest BCUT2D eigenvalue weighted by molar-refractivity contribution is 7.80. The molecule has 1 heterocycles. The number of thiol groups is 1. The molecule has 0 aromatic carbocycles. The first kappa shape index (κ1) is 11.0. The molecular weight excluding hydrogens is 194 g/mol. The van der Waals surface area contributed by atoms with Gasteiger partial charge in [0.15, 0.2) is 5.78 Å². The maximum atomic E-state index is 11.0. The van der Waals surface area contributed by atoms with Crippen molar-refractivity contribution in [3.8, 4) is 0 Å². The van der Waals surface area contributed by atoms with Crippen LogP contribution >= 0.6 is 12.6 Å². The van der Waals surface area contributed by atoms with Crippen LogP contribution in [-0.2, 0) is 0 Å². The molecule has 0 saturated carbocycles. The highest BCUT2D eigenvalue weighted by Crippen LogP contribution is 2.03. The first-order valence-electron chi connectivity index (χ1n) is 4.49. The summed E-state index contributed by atoms with van der Waals surface area (Å²) in [5, 5.41) is 0. The van der Waals surface area contributed by atoms with E-state index in [9.17, 15) is 4.79 Å². The van der Waals surface area contributed by atoms with E-state index in [0.717, 1.165) is 17.9 Å². The van der Waals surface area contributed by atoms with Crippen LogP contribution in [0.5, 0.6) is 0 Å². The lowest BCUT2D eigenvalue weighted by atomic mass is 10.2. The van der Waals surface area contributed by atoms with Gasteiger partial charge in [-0.1, -0.05) is 12.1 Å². The number of rotatable bonds is 4. The minimum atomic E-state index is -0.00514. The van der Waals surface area contributed by atoms with Crippen molar-refractivity contribution in [3.05, 3.63) is 35.7 Å². The fraction of sp³-hybridized carbons (Fsp3) is 0.273. The predicted molar refractivity (Wildman–Crippen MR) is 61.7 cm³/mol. The summed E-state index contributed by atoms with van der Waals surface area (Å²) >= 11 is 4.09. The third-order valence-electron chi connectivity index (χ3n) is 1.72. The van der Waals surface area contributed by atoms with E-state index in [-0.39, 0.29) is 5.78 Å². The number of Topliss-reactive ketones (excluding diaryl/α,β-unsaturated/α-hetero) is 1. The van der Waals surface area contributed by atoms with E-state index < -0.39 is 0 Å². The summed E-state index contributed by atoms with van der Waals surface area (Å²) < 4.78 is 0. The molecule has 14 heavy (non-hydrogen) atoms. The van der Waals surface area contributed by atoms with Crippen LogP contribution in [0.2, 0.25) is 0 Å². The SMILES string of the molecule is CC(=O)c1cccc(C=CCCS)n1. The van der Waals surface area contributed by atoms with Crippen molar-refractivity contribution < 1.29 is 4.79 Å². The van der Waals surface area contributed by atoms with E-state index in [4.69, 9.17) is 0 Å². The molecule has 0 unspecified atom stereocenters. The summed E-state index contributed by atoms with van der Waals surface area (Å²) in [7, 11) is 0. The second-order valence-electron chi connectivity index (χ2n) is 2.92. The molecule has 1 rings (SSSR count). The Bertz CT molecular complexity index is 347. The van der Waals surface area contributed by atoms with E-state index in [2.05, 4.69) is 17.6 Å². The zero-order chi connectivity index (χ0) is 10.4. The van der Waals surface area contributed by atoms with E-state index >= 15 is 0 Å². The van der Waals surface area contributed by atoms with E-state index in [1.165, 1.54) is 6.92 Å². The number of aromatic nitrogens is 1. The number of carbonyl (C=O) groups is 1. The molecule has 0 aliphatic heterocycles. The Morgan fingerprint density at radius 2 is 2.36 bits per heavy atom. The Morgan fingerprint density at radius 1 is 1.57 bits per heavy atom. The van der Waals surface area contributed by atoms with Gasteiger partial charge >= 0.3 is 0 Å². The largest absolute Gasteiger partial charge is 0.293 e. The molecule has 74 valence electrons. The van der Waals surface area contributed by atoms with Gasteiger partial charge in [0, 0.05) is 6.92 Å². The zero-order valence-corrected chi connectivity index (χ0v) is 9.00. The van der Waals surface area contributed by atoms with Gasteiger partial charge in [-0.15, -0.1) is 0 Å². The third-order valence-corrected chi connectivity index (χ3v) is 1.97. The van der Waals surface area contributed by atoms with E-state index in [1.54, 1.807) is 6.07 Å². The number of pyridine rings is 1. The first-order chi connectivity index (χ1) is 6.74. The van der Waals surface area contributed by atoms with Gasteiger partial charge in [-0.2, -0.15) is 12.6 Å². The van der Waals surface area contributed by atoms with Crippen LogP contribution in [0.25, 0.3) is 6.08 Å². The number of hydrogen-bond donors (Lipinski definition) is 1. The van der Waals surface area contributed by atoms with Crippen molar-refractivity contribution >= 4 is 24.5 Å². The molecule has 0 fully saturated rings. The average Bonchev–Trinajstić information content (AvgIpc) is 2.19. The van der Waals surface area contributed by atoms with Crippen molar-refractivity contribution in [2.24, 2.45) is 0 Å². The van der Waals surface area contributed by atoms with Crippen LogP contribution in [0.4, 0.5) is 0 Å². The predicted octanol–water partition coefficient (Wildman–Crippen LogP) is 2.62. The van der Waals surface area contributed by atoms with Crippen molar-refractivity contribution in [2.75, 3.05) is 5.75 Å². The minimum Gasteiger partial charge on any atom is -0.293 e.